The molecule has 100 valence electrons. The Morgan fingerprint density at radius 3 is 2.47 bits per heavy atom. The van der Waals surface area contributed by atoms with Crippen LogP contribution >= 0.6 is 0 Å². The molecule has 0 spiro atoms. The smallest absolute Gasteiger partial charge is 0.148 e. The van der Waals surface area contributed by atoms with Gasteiger partial charge in [0, 0.05) is 19.3 Å². The van der Waals surface area contributed by atoms with E-state index in [0.29, 0.717) is 0 Å². The summed E-state index contributed by atoms with van der Waals surface area (Å²) < 4.78 is 13.5. The number of anilines is 2. The Hall–Kier alpha value is -2.03. The maximum Gasteiger partial charge on any atom is 0.148 e. The predicted molar refractivity (Wildman–Crippen MR) is 78.8 cm³/mol. The van der Waals surface area contributed by atoms with Gasteiger partial charge in [-0.25, -0.2) is 4.39 Å². The van der Waals surface area contributed by atoms with Gasteiger partial charge in [0.05, 0.1) is 5.69 Å². The number of nitrogens with zero attached hydrogens (tertiary/aromatic N) is 1. The highest BCUT2D eigenvalue weighted by Gasteiger charge is 2.07. The van der Waals surface area contributed by atoms with E-state index >= 15 is 0 Å². The van der Waals surface area contributed by atoms with Crippen molar-refractivity contribution < 1.29 is 4.39 Å². The summed E-state index contributed by atoms with van der Waals surface area (Å²) in [5.74, 6) is -0.370. The summed E-state index contributed by atoms with van der Waals surface area (Å²) in [7, 11) is 1.95. The van der Waals surface area contributed by atoms with Crippen LogP contribution < -0.4 is 10.6 Å². The average Bonchev–Trinajstić information content (AvgIpc) is 2.36. The van der Waals surface area contributed by atoms with Crippen molar-refractivity contribution in [1.82, 2.24) is 0 Å². The molecule has 19 heavy (non-hydrogen) atoms. The first kappa shape index (κ1) is 13.4. The summed E-state index contributed by atoms with van der Waals surface area (Å²) in [5, 5.41) is 0. The van der Waals surface area contributed by atoms with Crippen LogP contribution in [0.2, 0.25) is 0 Å². The number of aryl methyl sites for hydroxylation is 2. The van der Waals surface area contributed by atoms with Crippen molar-refractivity contribution in [2.24, 2.45) is 0 Å². The zero-order valence-electron chi connectivity index (χ0n) is 11.6. The van der Waals surface area contributed by atoms with Gasteiger partial charge in [-0.15, -0.1) is 0 Å². The lowest BCUT2D eigenvalue weighted by Gasteiger charge is -2.21. The third kappa shape index (κ3) is 3.05. The number of hydrogen-bond acceptors (Lipinski definition) is 2. The molecular formula is C16H19FN2. The minimum Gasteiger partial charge on any atom is -0.396 e. The molecule has 0 fully saturated rings. The lowest BCUT2D eigenvalue weighted by atomic mass is 10.1. The van der Waals surface area contributed by atoms with E-state index in [-0.39, 0.29) is 11.5 Å². The normalized spacial score (nSPS) is 10.5. The van der Waals surface area contributed by atoms with Gasteiger partial charge in [0.1, 0.15) is 5.82 Å². The van der Waals surface area contributed by atoms with Crippen molar-refractivity contribution in [1.29, 1.82) is 0 Å². The Morgan fingerprint density at radius 2 is 1.84 bits per heavy atom. The summed E-state index contributed by atoms with van der Waals surface area (Å²) in [4.78, 5) is 2.01. The monoisotopic (exact) mass is 258 g/mol. The highest BCUT2D eigenvalue weighted by molar-refractivity contribution is 5.54. The van der Waals surface area contributed by atoms with E-state index in [4.69, 9.17) is 5.73 Å². The molecule has 0 bridgehead atoms. The van der Waals surface area contributed by atoms with Crippen molar-refractivity contribution in [3.8, 4) is 0 Å². The Balaban J connectivity index is 2.20. The van der Waals surface area contributed by atoms with Gasteiger partial charge in [-0.2, -0.15) is 0 Å². The van der Waals surface area contributed by atoms with E-state index < -0.39 is 0 Å². The molecule has 0 aromatic heterocycles. The van der Waals surface area contributed by atoms with Crippen LogP contribution in [-0.4, -0.2) is 7.05 Å². The first-order valence-corrected chi connectivity index (χ1v) is 6.29. The highest BCUT2D eigenvalue weighted by atomic mass is 19.1. The minimum absolute atomic E-state index is 0.184. The standard InChI is InChI=1S/C16H19FN2/c1-11-4-5-13(12(2)8-11)10-19(3)14-6-7-16(18)15(17)9-14/h4-9H,10,18H2,1-3H3. The Kier molecular flexibility index (Phi) is 3.74. The molecular weight excluding hydrogens is 239 g/mol. The molecule has 2 rings (SSSR count). The summed E-state index contributed by atoms with van der Waals surface area (Å²) in [6.45, 7) is 4.92. The van der Waals surface area contributed by atoms with Crippen LogP contribution in [0, 0.1) is 19.7 Å². The lowest BCUT2D eigenvalue weighted by molar-refractivity contribution is 0.632. The van der Waals surface area contributed by atoms with Gasteiger partial charge in [-0.3, -0.25) is 0 Å². The van der Waals surface area contributed by atoms with E-state index in [1.165, 1.54) is 22.8 Å². The first-order valence-electron chi connectivity index (χ1n) is 6.29. The largest absolute Gasteiger partial charge is 0.396 e. The Bertz CT molecular complexity index is 593. The second kappa shape index (κ2) is 5.31. The second-order valence-electron chi connectivity index (χ2n) is 4.99. The molecule has 0 atom stereocenters. The first-order chi connectivity index (χ1) is 8.97. The van der Waals surface area contributed by atoms with Gasteiger partial charge in [-0.05, 0) is 43.2 Å². The van der Waals surface area contributed by atoms with Crippen LogP contribution in [0.4, 0.5) is 15.8 Å². The SMILES string of the molecule is Cc1ccc(CN(C)c2ccc(N)c(F)c2)c(C)c1. The number of nitrogens with two attached hydrogens (primary N) is 1. The van der Waals surface area contributed by atoms with Crippen molar-refractivity contribution in [2.75, 3.05) is 17.7 Å². The molecule has 3 heteroatoms. The molecule has 0 unspecified atom stereocenters. The minimum atomic E-state index is -0.370. The number of nitrogen functional groups attached to an aromatic ring is 1. The molecule has 0 aliphatic carbocycles. The fraction of sp³-hybridized carbons (Fsp3) is 0.250. The molecule has 0 amide bonds. The molecule has 0 aliphatic heterocycles. The molecule has 0 radical (unpaired) electrons. The number of halogens is 1. The van der Waals surface area contributed by atoms with E-state index in [1.807, 2.05) is 18.0 Å². The zero-order chi connectivity index (χ0) is 14.0. The van der Waals surface area contributed by atoms with E-state index in [9.17, 15) is 4.39 Å². The van der Waals surface area contributed by atoms with E-state index in [1.54, 1.807) is 6.07 Å². The van der Waals surface area contributed by atoms with Crippen molar-refractivity contribution in [2.45, 2.75) is 20.4 Å². The third-order valence-electron chi connectivity index (χ3n) is 3.33. The van der Waals surface area contributed by atoms with Gasteiger partial charge in [-0.1, -0.05) is 23.8 Å². The van der Waals surface area contributed by atoms with Crippen molar-refractivity contribution in [3.05, 3.63) is 58.9 Å². The number of rotatable bonds is 3. The van der Waals surface area contributed by atoms with Crippen LogP contribution in [0.1, 0.15) is 16.7 Å². The Labute approximate surface area is 113 Å². The molecule has 0 saturated heterocycles. The zero-order valence-corrected chi connectivity index (χ0v) is 11.6. The second-order valence-corrected chi connectivity index (χ2v) is 4.99. The fourth-order valence-electron chi connectivity index (χ4n) is 2.12. The van der Waals surface area contributed by atoms with Crippen LogP contribution in [0.5, 0.6) is 0 Å². The predicted octanol–water partition coefficient (Wildman–Crippen LogP) is 3.66. The van der Waals surface area contributed by atoms with E-state index in [2.05, 4.69) is 32.0 Å². The fourth-order valence-corrected chi connectivity index (χ4v) is 2.12. The average molecular weight is 258 g/mol. The quantitative estimate of drug-likeness (QED) is 0.851. The molecule has 0 saturated carbocycles. The van der Waals surface area contributed by atoms with Crippen LogP contribution in [0.25, 0.3) is 0 Å². The Morgan fingerprint density at radius 1 is 1.11 bits per heavy atom. The summed E-state index contributed by atoms with van der Waals surface area (Å²) in [6.07, 6.45) is 0. The summed E-state index contributed by atoms with van der Waals surface area (Å²) in [5.41, 5.74) is 10.2. The number of hydrogen-bond donors (Lipinski definition) is 1. The van der Waals surface area contributed by atoms with Gasteiger partial charge >= 0.3 is 0 Å². The molecule has 2 nitrogen and oxygen atoms in total. The maximum absolute atomic E-state index is 13.5. The van der Waals surface area contributed by atoms with Gasteiger partial charge in [0.25, 0.3) is 0 Å². The highest BCUT2D eigenvalue weighted by Crippen LogP contribution is 2.21. The van der Waals surface area contributed by atoms with Crippen molar-refractivity contribution >= 4 is 11.4 Å². The molecule has 0 heterocycles. The van der Waals surface area contributed by atoms with Crippen LogP contribution in [0.15, 0.2) is 36.4 Å². The van der Waals surface area contributed by atoms with Crippen LogP contribution in [0.3, 0.4) is 0 Å². The molecule has 2 aromatic carbocycles. The van der Waals surface area contributed by atoms with Crippen LogP contribution in [-0.2, 0) is 6.54 Å². The lowest BCUT2D eigenvalue weighted by Crippen LogP contribution is -2.17. The summed E-state index contributed by atoms with van der Waals surface area (Å²) in [6, 6.07) is 11.3. The molecule has 0 aliphatic rings. The topological polar surface area (TPSA) is 29.3 Å². The van der Waals surface area contributed by atoms with Crippen molar-refractivity contribution in [3.63, 3.8) is 0 Å². The summed E-state index contributed by atoms with van der Waals surface area (Å²) >= 11 is 0. The molecule has 2 N–H and O–H groups in total. The maximum atomic E-state index is 13.5. The number of benzene rings is 2. The van der Waals surface area contributed by atoms with E-state index in [0.717, 1.165) is 12.2 Å². The van der Waals surface area contributed by atoms with Gasteiger partial charge in [0.15, 0.2) is 0 Å². The van der Waals surface area contributed by atoms with Gasteiger partial charge < -0.3 is 10.6 Å². The van der Waals surface area contributed by atoms with Gasteiger partial charge in [0.2, 0.25) is 0 Å². The molecule has 2 aromatic rings. The third-order valence-corrected chi connectivity index (χ3v) is 3.33.